The second-order valence-electron chi connectivity index (χ2n) is 0.658. The van der Waals surface area contributed by atoms with Crippen molar-refractivity contribution in [3.63, 3.8) is 0 Å². The van der Waals surface area contributed by atoms with Crippen molar-refractivity contribution in [3.05, 3.63) is 0 Å². The van der Waals surface area contributed by atoms with Crippen LogP contribution in [-0.4, -0.2) is 45.1 Å². The maximum atomic E-state index is 9.74. The molecule has 0 amide bonds. The molecule has 47 valence electrons. The summed E-state index contributed by atoms with van der Waals surface area (Å²) in [6.07, 6.45) is -0.657. The van der Waals surface area contributed by atoms with Gasteiger partial charge in [0.2, 0.25) is 0 Å². The van der Waals surface area contributed by atoms with Gasteiger partial charge in [-0.05, 0) is 0 Å². The third kappa shape index (κ3) is 9.35. The summed E-state index contributed by atoms with van der Waals surface area (Å²) in [5, 5.41) is 0. The van der Waals surface area contributed by atoms with Crippen LogP contribution in [0.1, 0.15) is 0 Å². The summed E-state index contributed by atoms with van der Waals surface area (Å²) in [5.74, 6) is 0. The molecule has 0 fully saturated rings. The molecule has 8 heavy (non-hydrogen) atoms. The van der Waals surface area contributed by atoms with Gasteiger partial charge in [-0.1, -0.05) is 0 Å². The zero-order chi connectivity index (χ0) is 6.99. The average Bonchev–Trinajstić information content (AvgIpc) is 1.91. The van der Waals surface area contributed by atoms with E-state index in [1.807, 2.05) is 0 Å². The van der Waals surface area contributed by atoms with E-state index in [1.165, 1.54) is 14.2 Å². The summed E-state index contributed by atoms with van der Waals surface area (Å²) in [4.78, 5) is 9.74. The van der Waals surface area contributed by atoms with Crippen molar-refractivity contribution in [2.75, 3.05) is 14.2 Å². The minimum absolute atomic E-state index is 0.194. The Hall–Kier alpha value is -0.0469. The Bertz CT molecular complexity index is 58.3. The van der Waals surface area contributed by atoms with Crippen molar-refractivity contribution in [3.8, 4) is 0 Å². The van der Waals surface area contributed by atoms with Gasteiger partial charge in [0.25, 0.3) is 0 Å². The molecule has 0 saturated carbocycles. The number of methoxy groups -OCH3 is 2. The van der Waals surface area contributed by atoms with Crippen LogP contribution in [0.2, 0.25) is 0 Å². The van der Waals surface area contributed by atoms with E-state index in [1.54, 1.807) is 0 Å². The SMILES string of the molecule is COC(=O)OC.[O]=[Bi]. The molecule has 0 spiro atoms. The summed E-state index contributed by atoms with van der Waals surface area (Å²) in [7, 11) is 2.51. The van der Waals surface area contributed by atoms with Crippen LogP contribution in [-0.2, 0) is 12.3 Å². The second kappa shape index (κ2) is 10.0. The van der Waals surface area contributed by atoms with Crippen LogP contribution in [0.4, 0.5) is 4.79 Å². The summed E-state index contributed by atoms with van der Waals surface area (Å²) in [6, 6.07) is 0. The van der Waals surface area contributed by atoms with E-state index in [9.17, 15) is 4.79 Å². The Morgan fingerprint density at radius 3 is 1.50 bits per heavy atom. The molecule has 0 N–H and O–H groups in total. The van der Waals surface area contributed by atoms with E-state index in [-0.39, 0.29) is 24.7 Å². The average molecular weight is 315 g/mol. The van der Waals surface area contributed by atoms with Gasteiger partial charge in [0.05, 0.1) is 14.2 Å². The zero-order valence-electron chi connectivity index (χ0n) is 4.58. The van der Waals surface area contributed by atoms with Crippen LogP contribution < -0.4 is 0 Å². The molecule has 0 bridgehead atoms. The van der Waals surface area contributed by atoms with E-state index in [4.69, 9.17) is 2.81 Å². The monoisotopic (exact) mass is 315 g/mol. The predicted octanol–water partition coefficient (Wildman–Crippen LogP) is -0.100. The van der Waals surface area contributed by atoms with Crippen molar-refractivity contribution in [1.82, 2.24) is 0 Å². The molecule has 0 aliphatic rings. The number of carbonyl (C=O) groups excluding carboxylic acids is 1. The fraction of sp³-hybridized carbons (Fsp3) is 0.667. The van der Waals surface area contributed by atoms with E-state index in [0.717, 1.165) is 0 Å². The van der Waals surface area contributed by atoms with Crippen LogP contribution >= 0.6 is 0 Å². The van der Waals surface area contributed by atoms with Gasteiger partial charge < -0.3 is 9.47 Å². The van der Waals surface area contributed by atoms with Crippen LogP contribution in [0.3, 0.4) is 0 Å². The summed E-state index contributed by atoms with van der Waals surface area (Å²) >= 11 is 0.194. The molecule has 0 aliphatic heterocycles. The Morgan fingerprint density at radius 2 is 1.50 bits per heavy atom. The maximum absolute atomic E-state index is 9.74. The topological polar surface area (TPSA) is 52.6 Å². The van der Waals surface area contributed by atoms with Crippen molar-refractivity contribution >= 4 is 30.9 Å². The normalized spacial score (nSPS) is 5.75. The van der Waals surface area contributed by atoms with Gasteiger partial charge in [-0.25, -0.2) is 4.79 Å². The molecule has 1 radical (unpaired) electrons. The molecule has 0 aromatic carbocycles. The van der Waals surface area contributed by atoms with Crippen molar-refractivity contribution < 1.29 is 17.1 Å². The third-order valence-electron chi connectivity index (χ3n) is 0.333. The van der Waals surface area contributed by atoms with Crippen LogP contribution in [0.15, 0.2) is 0 Å². The Balaban J connectivity index is 0. The molecule has 4 nitrogen and oxygen atoms in total. The predicted molar refractivity (Wildman–Crippen MR) is 25.9 cm³/mol. The van der Waals surface area contributed by atoms with Crippen molar-refractivity contribution in [2.24, 2.45) is 0 Å². The molecule has 5 heteroatoms. The van der Waals surface area contributed by atoms with Gasteiger partial charge >= 0.3 is 33.7 Å². The molecule has 0 aliphatic carbocycles. The first-order valence-corrected chi connectivity index (χ1v) is 3.03. The van der Waals surface area contributed by atoms with E-state index < -0.39 is 6.16 Å². The van der Waals surface area contributed by atoms with Gasteiger partial charge in [-0.3, -0.25) is 0 Å². The first-order chi connectivity index (χ1) is 3.81. The second-order valence-corrected chi connectivity index (χ2v) is 0.658. The minimum atomic E-state index is -0.657. The number of ether oxygens (including phenoxy) is 2. The Morgan fingerprint density at radius 1 is 1.25 bits per heavy atom. The molecule has 0 unspecified atom stereocenters. The third-order valence-corrected chi connectivity index (χ3v) is 0.333. The van der Waals surface area contributed by atoms with Gasteiger partial charge in [0.15, 0.2) is 0 Å². The van der Waals surface area contributed by atoms with Gasteiger partial charge in [0, 0.05) is 0 Å². The summed E-state index contributed by atoms with van der Waals surface area (Å²) < 4.78 is 16.4. The van der Waals surface area contributed by atoms with E-state index in [0.29, 0.717) is 0 Å². The Kier molecular flexibility index (Phi) is 13.6. The number of hydrogen-bond donors (Lipinski definition) is 0. The molecule has 0 saturated heterocycles. The fourth-order valence-corrected chi connectivity index (χ4v) is 0.0833. The van der Waals surface area contributed by atoms with E-state index in [2.05, 4.69) is 9.47 Å². The van der Waals surface area contributed by atoms with Crippen molar-refractivity contribution in [2.45, 2.75) is 0 Å². The molecular formula is C3H6BiO4. The standard InChI is InChI=1S/C3H6O3.Bi.O/c1-5-3(4)6-2;;/h1-2H3;;. The molecule has 0 heterocycles. The quantitative estimate of drug-likeness (QED) is 0.463. The van der Waals surface area contributed by atoms with Gasteiger partial charge in [-0.15, -0.1) is 0 Å². The van der Waals surface area contributed by atoms with Gasteiger partial charge in [0.1, 0.15) is 0 Å². The van der Waals surface area contributed by atoms with Gasteiger partial charge in [-0.2, -0.15) is 0 Å². The summed E-state index contributed by atoms with van der Waals surface area (Å²) in [6.45, 7) is 0. The molecule has 0 aromatic rings. The van der Waals surface area contributed by atoms with Crippen LogP contribution in [0.5, 0.6) is 0 Å². The zero-order valence-corrected chi connectivity index (χ0v) is 8.06. The van der Waals surface area contributed by atoms with E-state index >= 15 is 0 Å². The number of hydrogen-bond acceptors (Lipinski definition) is 4. The fourth-order valence-electron chi connectivity index (χ4n) is 0.0833. The molecular weight excluding hydrogens is 309 g/mol. The first-order valence-electron chi connectivity index (χ1n) is 1.61. The number of carbonyl (C=O) groups is 1. The van der Waals surface area contributed by atoms with Crippen LogP contribution in [0.25, 0.3) is 0 Å². The molecule has 0 atom stereocenters. The number of rotatable bonds is 0. The van der Waals surface area contributed by atoms with Crippen molar-refractivity contribution in [1.29, 1.82) is 0 Å². The Labute approximate surface area is 62.4 Å². The first kappa shape index (κ1) is 10.8. The van der Waals surface area contributed by atoms with Crippen LogP contribution in [0, 0.1) is 0 Å². The molecule has 0 rings (SSSR count). The molecule has 0 aromatic heterocycles. The summed E-state index contributed by atoms with van der Waals surface area (Å²) in [5.41, 5.74) is 0.